The summed E-state index contributed by atoms with van der Waals surface area (Å²) in [5, 5.41) is 16.8. The second-order valence-electron chi connectivity index (χ2n) is 5.79. The van der Waals surface area contributed by atoms with Gasteiger partial charge in [-0.2, -0.15) is 4.52 Å². The summed E-state index contributed by atoms with van der Waals surface area (Å²) in [6, 6.07) is 3.68. The van der Waals surface area contributed by atoms with Gasteiger partial charge < -0.3 is 9.26 Å². The van der Waals surface area contributed by atoms with Gasteiger partial charge in [-0.15, -0.1) is 15.3 Å². The number of likely N-dealkylation sites (tertiary alicyclic amines) is 1. The maximum Gasteiger partial charge on any atom is 0.231 e. The Morgan fingerprint density at radius 3 is 2.87 bits per heavy atom. The maximum atomic E-state index is 5.20. The number of piperidine rings is 1. The van der Waals surface area contributed by atoms with Crippen LogP contribution in [0.4, 0.5) is 0 Å². The zero-order valence-electron chi connectivity index (χ0n) is 12.9. The number of fused-ring (bicyclic) bond motifs is 1. The quantitative estimate of drug-likeness (QED) is 0.721. The largest absolute Gasteiger partial charge is 0.480 e. The molecule has 3 aromatic rings. The van der Waals surface area contributed by atoms with Crippen LogP contribution in [0.15, 0.2) is 29.1 Å². The number of rotatable bonds is 4. The monoisotopic (exact) mass is 314 g/mol. The molecule has 120 valence electrons. The topological polar surface area (TPSA) is 81.6 Å². The Morgan fingerprint density at radius 1 is 1.26 bits per heavy atom. The van der Waals surface area contributed by atoms with Crippen molar-refractivity contribution in [1.82, 2.24) is 29.9 Å². The van der Waals surface area contributed by atoms with E-state index in [1.807, 2.05) is 6.07 Å². The summed E-state index contributed by atoms with van der Waals surface area (Å²) >= 11 is 0. The van der Waals surface area contributed by atoms with Gasteiger partial charge in [-0.3, -0.25) is 4.90 Å². The first-order valence-corrected chi connectivity index (χ1v) is 7.70. The lowest BCUT2D eigenvalue weighted by molar-refractivity contribution is 0.200. The fourth-order valence-electron chi connectivity index (χ4n) is 3.06. The van der Waals surface area contributed by atoms with Crippen molar-refractivity contribution in [2.45, 2.75) is 25.3 Å². The van der Waals surface area contributed by atoms with Crippen molar-refractivity contribution < 1.29 is 9.26 Å². The van der Waals surface area contributed by atoms with Crippen LogP contribution in [0.25, 0.3) is 5.65 Å². The van der Waals surface area contributed by atoms with Crippen LogP contribution in [0.1, 0.15) is 30.1 Å². The normalized spacial score (nSPS) is 16.9. The molecule has 1 aliphatic rings. The zero-order valence-corrected chi connectivity index (χ0v) is 12.9. The van der Waals surface area contributed by atoms with E-state index in [0.29, 0.717) is 11.8 Å². The van der Waals surface area contributed by atoms with E-state index in [1.54, 1.807) is 30.2 Å². The Morgan fingerprint density at radius 2 is 2.13 bits per heavy atom. The molecule has 0 N–H and O–H groups in total. The van der Waals surface area contributed by atoms with Crippen LogP contribution in [0, 0.1) is 0 Å². The molecule has 0 amide bonds. The molecule has 0 atom stereocenters. The van der Waals surface area contributed by atoms with Gasteiger partial charge >= 0.3 is 0 Å². The Kier molecular flexibility index (Phi) is 3.66. The first-order chi connectivity index (χ1) is 11.3. The number of ether oxygens (including phenoxy) is 1. The highest BCUT2D eigenvalue weighted by atomic mass is 16.5. The fourth-order valence-corrected chi connectivity index (χ4v) is 3.06. The molecule has 0 saturated carbocycles. The van der Waals surface area contributed by atoms with Crippen molar-refractivity contribution in [3.8, 4) is 5.88 Å². The molecule has 3 aromatic heterocycles. The zero-order chi connectivity index (χ0) is 15.6. The molecule has 0 aromatic carbocycles. The molecular formula is C15H18N6O2. The second-order valence-corrected chi connectivity index (χ2v) is 5.79. The van der Waals surface area contributed by atoms with Crippen molar-refractivity contribution in [1.29, 1.82) is 0 Å². The molecule has 1 saturated heterocycles. The minimum absolute atomic E-state index is 0.364. The molecule has 0 bridgehead atoms. The predicted octanol–water partition coefficient (Wildman–Crippen LogP) is 1.50. The number of nitrogens with zero attached hydrogens (tertiary/aromatic N) is 6. The Hall–Kier alpha value is -2.48. The molecule has 1 aliphatic heterocycles. The van der Waals surface area contributed by atoms with Crippen LogP contribution in [0.2, 0.25) is 0 Å². The SMILES string of the molecule is COc1ccc2nnc(C3CCN(Cc4cnoc4)CC3)n2n1. The Balaban J connectivity index is 1.47. The molecule has 4 heterocycles. The van der Waals surface area contributed by atoms with Crippen LogP contribution >= 0.6 is 0 Å². The Bertz CT molecular complexity index is 776. The van der Waals surface area contributed by atoms with Gasteiger partial charge in [0.05, 0.1) is 13.3 Å². The summed E-state index contributed by atoms with van der Waals surface area (Å²) < 4.78 is 11.9. The number of hydrogen-bond acceptors (Lipinski definition) is 7. The van der Waals surface area contributed by atoms with E-state index >= 15 is 0 Å². The smallest absolute Gasteiger partial charge is 0.231 e. The fraction of sp³-hybridized carbons (Fsp3) is 0.467. The van der Waals surface area contributed by atoms with Crippen LogP contribution in [-0.4, -0.2) is 50.1 Å². The number of aromatic nitrogens is 5. The van der Waals surface area contributed by atoms with E-state index in [2.05, 4.69) is 25.4 Å². The molecule has 0 aliphatic carbocycles. The molecule has 23 heavy (non-hydrogen) atoms. The average molecular weight is 314 g/mol. The molecule has 4 rings (SSSR count). The molecule has 1 fully saturated rings. The minimum atomic E-state index is 0.364. The van der Waals surface area contributed by atoms with E-state index in [1.165, 1.54) is 0 Å². The van der Waals surface area contributed by atoms with Gasteiger partial charge in [-0.05, 0) is 32.0 Å². The van der Waals surface area contributed by atoms with Crippen molar-refractivity contribution in [3.63, 3.8) is 0 Å². The van der Waals surface area contributed by atoms with Gasteiger partial charge in [-0.25, -0.2) is 0 Å². The van der Waals surface area contributed by atoms with Gasteiger partial charge in [0.2, 0.25) is 5.88 Å². The third-order valence-electron chi connectivity index (χ3n) is 4.31. The lowest BCUT2D eigenvalue weighted by Crippen LogP contribution is -2.33. The van der Waals surface area contributed by atoms with Crippen LogP contribution in [0.5, 0.6) is 5.88 Å². The third-order valence-corrected chi connectivity index (χ3v) is 4.31. The molecular weight excluding hydrogens is 296 g/mol. The van der Waals surface area contributed by atoms with Gasteiger partial charge in [0.1, 0.15) is 6.26 Å². The van der Waals surface area contributed by atoms with Crippen LogP contribution < -0.4 is 4.74 Å². The third kappa shape index (κ3) is 2.77. The summed E-state index contributed by atoms with van der Waals surface area (Å²) in [6.07, 6.45) is 5.54. The van der Waals surface area contributed by atoms with Gasteiger partial charge in [0, 0.05) is 24.1 Å². The van der Waals surface area contributed by atoms with Crippen LogP contribution in [-0.2, 0) is 6.54 Å². The molecule has 8 nitrogen and oxygen atoms in total. The number of hydrogen-bond donors (Lipinski definition) is 0. The van der Waals surface area contributed by atoms with Gasteiger partial charge in [0.25, 0.3) is 0 Å². The summed E-state index contributed by atoms with van der Waals surface area (Å²) in [4.78, 5) is 2.40. The molecule has 0 unspecified atom stereocenters. The summed E-state index contributed by atoms with van der Waals surface area (Å²) in [5.74, 6) is 1.86. The van der Waals surface area contributed by atoms with Crippen molar-refractivity contribution >= 4 is 5.65 Å². The van der Waals surface area contributed by atoms with Crippen molar-refractivity contribution in [2.75, 3.05) is 20.2 Å². The highest BCUT2D eigenvalue weighted by molar-refractivity contribution is 5.38. The van der Waals surface area contributed by atoms with Gasteiger partial charge in [0.15, 0.2) is 11.5 Å². The lowest BCUT2D eigenvalue weighted by atomic mass is 9.96. The minimum Gasteiger partial charge on any atom is -0.480 e. The summed E-state index contributed by atoms with van der Waals surface area (Å²) in [7, 11) is 1.61. The van der Waals surface area contributed by atoms with E-state index in [-0.39, 0.29) is 0 Å². The first kappa shape index (κ1) is 14.1. The predicted molar refractivity (Wildman–Crippen MR) is 81.1 cm³/mol. The van der Waals surface area contributed by atoms with E-state index in [0.717, 1.165) is 49.5 Å². The highest BCUT2D eigenvalue weighted by Gasteiger charge is 2.25. The van der Waals surface area contributed by atoms with Crippen molar-refractivity contribution in [2.24, 2.45) is 0 Å². The standard InChI is InChI=1S/C15H18N6O2/c1-22-14-3-2-13-17-18-15(21(13)19-14)12-4-6-20(7-5-12)9-11-8-16-23-10-11/h2-3,8,10,12H,4-7,9H2,1H3. The first-order valence-electron chi connectivity index (χ1n) is 7.70. The Labute approximate surface area is 133 Å². The van der Waals surface area contributed by atoms with Crippen molar-refractivity contribution in [3.05, 3.63) is 36.0 Å². The highest BCUT2D eigenvalue weighted by Crippen LogP contribution is 2.27. The van der Waals surface area contributed by atoms with E-state index < -0.39 is 0 Å². The molecule has 0 radical (unpaired) electrons. The average Bonchev–Trinajstić information content (AvgIpc) is 3.24. The molecule has 0 spiro atoms. The lowest BCUT2D eigenvalue weighted by Gasteiger charge is -2.30. The number of methoxy groups -OCH3 is 1. The van der Waals surface area contributed by atoms with E-state index in [4.69, 9.17) is 9.26 Å². The van der Waals surface area contributed by atoms with Gasteiger partial charge in [-0.1, -0.05) is 5.16 Å². The van der Waals surface area contributed by atoms with E-state index in [9.17, 15) is 0 Å². The second kappa shape index (κ2) is 5.96. The molecule has 8 heteroatoms. The summed E-state index contributed by atoms with van der Waals surface area (Å²) in [6.45, 7) is 2.90. The maximum absolute atomic E-state index is 5.20. The summed E-state index contributed by atoms with van der Waals surface area (Å²) in [5.41, 5.74) is 1.87. The van der Waals surface area contributed by atoms with Crippen LogP contribution in [0.3, 0.4) is 0 Å².